The minimum absolute atomic E-state index is 0.0619. The molecule has 0 saturated heterocycles. The fourth-order valence-electron chi connectivity index (χ4n) is 4.77. The molecule has 0 amide bonds. The van der Waals surface area contributed by atoms with Crippen LogP contribution in [0.25, 0.3) is 0 Å². The molecule has 0 aromatic heterocycles. The van der Waals surface area contributed by atoms with Crippen LogP contribution in [-0.4, -0.2) is 30.9 Å². The van der Waals surface area contributed by atoms with Crippen LogP contribution >= 0.6 is 0 Å². The van der Waals surface area contributed by atoms with E-state index < -0.39 is 28.7 Å². The largest absolute Gasteiger partial charge is 0.465 e. The molecule has 2 atom stereocenters. The lowest BCUT2D eigenvalue weighted by atomic mass is 9.82. The van der Waals surface area contributed by atoms with Gasteiger partial charge in [-0.25, -0.2) is 0 Å². The van der Waals surface area contributed by atoms with Gasteiger partial charge < -0.3 is 9.47 Å². The second-order valence-corrected chi connectivity index (χ2v) is 7.49. The molecule has 27 heavy (non-hydrogen) atoms. The van der Waals surface area contributed by atoms with Gasteiger partial charge in [-0.3, -0.25) is 14.4 Å². The first-order valence-electron chi connectivity index (χ1n) is 9.71. The van der Waals surface area contributed by atoms with E-state index in [9.17, 15) is 14.4 Å². The van der Waals surface area contributed by atoms with E-state index in [1.165, 1.54) is 0 Å². The standard InChI is InChI=1S/C22H30O5/c1-7-21(18(23)16-12-10-15(6)11-13-16)17(14(4)5)22(21,19(24)26-8-2)20(25)27-9-3/h10-14,17H,7-9H2,1-6H3/t17-,21+/m0/s1. The van der Waals surface area contributed by atoms with E-state index in [-0.39, 0.29) is 24.9 Å². The van der Waals surface area contributed by atoms with Gasteiger partial charge in [0.2, 0.25) is 0 Å². The summed E-state index contributed by atoms with van der Waals surface area (Å²) < 4.78 is 10.6. The summed E-state index contributed by atoms with van der Waals surface area (Å²) in [5.74, 6) is -2.01. The van der Waals surface area contributed by atoms with Gasteiger partial charge in [-0.05, 0) is 33.1 Å². The Hall–Kier alpha value is -2.17. The highest BCUT2D eigenvalue weighted by Gasteiger charge is 2.88. The minimum Gasteiger partial charge on any atom is -0.465 e. The topological polar surface area (TPSA) is 69.7 Å². The molecule has 5 heteroatoms. The number of hydrogen-bond donors (Lipinski definition) is 0. The number of Topliss-reactive ketones (excluding diaryl/α,β-unsaturated/α-hetero) is 1. The van der Waals surface area contributed by atoms with Gasteiger partial charge >= 0.3 is 11.9 Å². The van der Waals surface area contributed by atoms with Crippen molar-refractivity contribution in [2.45, 2.75) is 48.0 Å². The molecule has 1 saturated carbocycles. The first-order valence-corrected chi connectivity index (χ1v) is 9.71. The average Bonchev–Trinajstić information content (AvgIpc) is 3.28. The van der Waals surface area contributed by atoms with Crippen LogP contribution < -0.4 is 0 Å². The lowest BCUT2D eigenvalue weighted by Gasteiger charge is -2.21. The summed E-state index contributed by atoms with van der Waals surface area (Å²) in [4.78, 5) is 39.7. The highest BCUT2D eigenvalue weighted by Crippen LogP contribution is 2.75. The molecule has 1 aliphatic rings. The molecule has 148 valence electrons. The molecule has 1 aromatic carbocycles. The van der Waals surface area contributed by atoms with Gasteiger partial charge in [-0.2, -0.15) is 0 Å². The van der Waals surface area contributed by atoms with Gasteiger partial charge in [0, 0.05) is 11.5 Å². The number of benzene rings is 1. The van der Waals surface area contributed by atoms with Crippen molar-refractivity contribution in [3.05, 3.63) is 35.4 Å². The Balaban J connectivity index is 2.65. The predicted octanol–water partition coefficient (Wildman–Crippen LogP) is 3.97. The normalized spacial score (nSPS) is 23.0. The number of carbonyl (C=O) groups excluding carboxylic acids is 3. The summed E-state index contributed by atoms with van der Waals surface area (Å²) in [6.07, 6.45) is 0.361. The van der Waals surface area contributed by atoms with Crippen LogP contribution in [0.3, 0.4) is 0 Å². The minimum atomic E-state index is -1.58. The van der Waals surface area contributed by atoms with Gasteiger partial charge in [0.1, 0.15) is 0 Å². The van der Waals surface area contributed by atoms with Crippen molar-refractivity contribution < 1.29 is 23.9 Å². The predicted molar refractivity (Wildman–Crippen MR) is 102 cm³/mol. The fraction of sp³-hybridized carbons (Fsp3) is 0.591. The van der Waals surface area contributed by atoms with Gasteiger partial charge in [-0.1, -0.05) is 50.6 Å². The Labute approximate surface area is 161 Å². The third-order valence-electron chi connectivity index (χ3n) is 5.76. The van der Waals surface area contributed by atoms with Crippen molar-refractivity contribution in [2.75, 3.05) is 13.2 Å². The van der Waals surface area contributed by atoms with Crippen LogP contribution in [-0.2, 0) is 19.1 Å². The lowest BCUT2D eigenvalue weighted by molar-refractivity contribution is -0.167. The highest BCUT2D eigenvalue weighted by atomic mass is 16.6. The van der Waals surface area contributed by atoms with E-state index in [0.29, 0.717) is 12.0 Å². The van der Waals surface area contributed by atoms with Crippen molar-refractivity contribution in [3.8, 4) is 0 Å². The van der Waals surface area contributed by atoms with Crippen molar-refractivity contribution in [2.24, 2.45) is 22.7 Å². The van der Waals surface area contributed by atoms with Crippen molar-refractivity contribution in [3.63, 3.8) is 0 Å². The van der Waals surface area contributed by atoms with E-state index in [4.69, 9.17) is 9.47 Å². The zero-order valence-electron chi connectivity index (χ0n) is 17.1. The molecular formula is C22H30O5. The van der Waals surface area contributed by atoms with Gasteiger partial charge in [0.05, 0.1) is 18.6 Å². The molecule has 1 aromatic rings. The van der Waals surface area contributed by atoms with Gasteiger partial charge in [0.15, 0.2) is 11.2 Å². The molecule has 2 rings (SSSR count). The van der Waals surface area contributed by atoms with E-state index in [2.05, 4.69) is 0 Å². The quantitative estimate of drug-likeness (QED) is 0.391. The third-order valence-corrected chi connectivity index (χ3v) is 5.76. The smallest absolute Gasteiger partial charge is 0.324 e. The number of esters is 2. The van der Waals surface area contributed by atoms with Crippen molar-refractivity contribution >= 4 is 17.7 Å². The molecule has 0 bridgehead atoms. The molecule has 0 aliphatic heterocycles. The first-order chi connectivity index (χ1) is 12.7. The molecule has 0 heterocycles. The highest BCUT2D eigenvalue weighted by molar-refractivity contribution is 6.17. The van der Waals surface area contributed by atoms with E-state index >= 15 is 0 Å². The zero-order chi connectivity index (χ0) is 20.4. The van der Waals surface area contributed by atoms with E-state index in [1.54, 1.807) is 26.0 Å². The Morgan fingerprint density at radius 2 is 1.44 bits per heavy atom. The Morgan fingerprint density at radius 1 is 0.963 bits per heavy atom. The summed E-state index contributed by atoms with van der Waals surface area (Å²) >= 11 is 0. The molecule has 0 N–H and O–H groups in total. The Kier molecular flexibility index (Phi) is 6.13. The van der Waals surface area contributed by atoms with Crippen molar-refractivity contribution in [1.82, 2.24) is 0 Å². The van der Waals surface area contributed by atoms with E-state index in [1.807, 2.05) is 39.8 Å². The van der Waals surface area contributed by atoms with Crippen LogP contribution in [0, 0.1) is 29.6 Å². The maximum absolute atomic E-state index is 13.6. The number of aryl methyl sites for hydroxylation is 1. The summed E-state index contributed by atoms with van der Waals surface area (Å²) in [6.45, 7) is 11.3. The number of ketones is 1. The van der Waals surface area contributed by atoms with Gasteiger partial charge in [-0.15, -0.1) is 0 Å². The second-order valence-electron chi connectivity index (χ2n) is 7.49. The molecule has 5 nitrogen and oxygen atoms in total. The maximum atomic E-state index is 13.6. The molecular weight excluding hydrogens is 344 g/mol. The van der Waals surface area contributed by atoms with Crippen LogP contribution in [0.5, 0.6) is 0 Å². The van der Waals surface area contributed by atoms with Crippen LogP contribution in [0.15, 0.2) is 24.3 Å². The SMILES string of the molecule is CCOC(=O)C1(C(=O)OCC)[C@@H](C(C)C)[C@]1(CC)C(=O)c1ccc(C)cc1. The number of hydrogen-bond acceptors (Lipinski definition) is 5. The lowest BCUT2D eigenvalue weighted by Crippen LogP contribution is -2.38. The summed E-state index contributed by atoms with van der Waals surface area (Å²) in [5, 5.41) is 0. The zero-order valence-corrected chi connectivity index (χ0v) is 17.1. The average molecular weight is 374 g/mol. The van der Waals surface area contributed by atoms with Crippen LogP contribution in [0.4, 0.5) is 0 Å². The monoisotopic (exact) mass is 374 g/mol. The van der Waals surface area contributed by atoms with Crippen LogP contribution in [0.1, 0.15) is 57.0 Å². The Bertz CT molecular complexity index is 701. The molecule has 0 spiro atoms. The molecule has 0 radical (unpaired) electrons. The summed E-state index contributed by atoms with van der Waals surface area (Å²) in [7, 11) is 0. The molecule has 0 unspecified atom stereocenters. The maximum Gasteiger partial charge on any atom is 0.324 e. The fourth-order valence-corrected chi connectivity index (χ4v) is 4.77. The van der Waals surface area contributed by atoms with Crippen molar-refractivity contribution in [1.29, 1.82) is 0 Å². The number of ether oxygens (including phenoxy) is 2. The molecule has 1 aliphatic carbocycles. The molecule has 1 fully saturated rings. The Morgan fingerprint density at radius 3 is 1.81 bits per heavy atom. The van der Waals surface area contributed by atoms with E-state index in [0.717, 1.165) is 5.56 Å². The second kappa shape index (κ2) is 7.83. The van der Waals surface area contributed by atoms with Crippen LogP contribution in [0.2, 0.25) is 0 Å². The summed E-state index contributed by atoms with van der Waals surface area (Å²) in [6, 6.07) is 7.23. The third kappa shape index (κ3) is 2.97. The number of rotatable bonds is 8. The number of carbonyl (C=O) groups is 3. The van der Waals surface area contributed by atoms with Gasteiger partial charge in [0.25, 0.3) is 0 Å². The first kappa shape index (κ1) is 21.1. The summed E-state index contributed by atoms with van der Waals surface area (Å²) in [5.41, 5.74) is -1.18.